The van der Waals surface area contributed by atoms with Crippen molar-refractivity contribution in [1.82, 2.24) is 9.97 Å². The number of nitrogens with zero attached hydrogens (tertiary/aromatic N) is 1. The molecule has 0 aliphatic heterocycles. The molecule has 0 bridgehead atoms. The first-order valence-corrected chi connectivity index (χ1v) is 4.44. The summed E-state index contributed by atoms with van der Waals surface area (Å²) in [6, 6.07) is 3.81. The summed E-state index contributed by atoms with van der Waals surface area (Å²) in [6.45, 7) is 2.41. The van der Waals surface area contributed by atoms with Gasteiger partial charge in [-0.25, -0.2) is 4.98 Å². The molecule has 0 saturated carbocycles. The van der Waals surface area contributed by atoms with Gasteiger partial charge in [-0.15, -0.1) is 0 Å². The van der Waals surface area contributed by atoms with Crippen molar-refractivity contribution in [1.29, 1.82) is 0 Å². The molecule has 0 unspecified atom stereocenters. The number of aromatic nitrogens is 2. The van der Waals surface area contributed by atoms with E-state index in [0.29, 0.717) is 11.6 Å². The van der Waals surface area contributed by atoms with Gasteiger partial charge in [0.05, 0.1) is 22.6 Å². The number of hydrogen-bond donors (Lipinski definition) is 2. The highest BCUT2D eigenvalue weighted by Crippen LogP contribution is 2.23. The van der Waals surface area contributed by atoms with Gasteiger partial charge in [-0.3, -0.25) is 0 Å². The maximum absolute atomic E-state index is 5.99. The van der Waals surface area contributed by atoms with Crippen LogP contribution in [0.4, 0.5) is 0 Å². The van der Waals surface area contributed by atoms with Gasteiger partial charge < -0.3 is 10.7 Å². The number of H-pyrrole nitrogens is 1. The summed E-state index contributed by atoms with van der Waals surface area (Å²) in [5.41, 5.74) is 8.37. The third-order valence-corrected chi connectivity index (χ3v) is 2.35. The van der Waals surface area contributed by atoms with Gasteiger partial charge in [-0.2, -0.15) is 0 Å². The molecule has 1 heterocycles. The molecular formula is C9H10ClN3. The Morgan fingerprint density at radius 3 is 2.92 bits per heavy atom. The Kier molecular flexibility index (Phi) is 1.98. The van der Waals surface area contributed by atoms with Crippen LogP contribution < -0.4 is 5.73 Å². The second kappa shape index (κ2) is 3.01. The lowest BCUT2D eigenvalue weighted by Crippen LogP contribution is -1.97. The minimum absolute atomic E-state index is 0.407. The fourth-order valence-corrected chi connectivity index (χ4v) is 1.54. The van der Waals surface area contributed by atoms with Gasteiger partial charge in [0.1, 0.15) is 5.82 Å². The lowest BCUT2D eigenvalue weighted by Gasteiger charge is -1.94. The van der Waals surface area contributed by atoms with Crippen molar-refractivity contribution in [2.75, 3.05) is 0 Å². The molecule has 0 aliphatic rings. The van der Waals surface area contributed by atoms with E-state index in [4.69, 9.17) is 17.3 Å². The second-order valence-electron chi connectivity index (χ2n) is 2.98. The van der Waals surface area contributed by atoms with E-state index in [0.717, 1.165) is 22.4 Å². The molecule has 0 fully saturated rings. The van der Waals surface area contributed by atoms with Gasteiger partial charge in [0.15, 0.2) is 0 Å². The second-order valence-corrected chi connectivity index (χ2v) is 3.38. The highest BCUT2D eigenvalue weighted by atomic mass is 35.5. The Balaban J connectivity index is 2.80. The van der Waals surface area contributed by atoms with Gasteiger partial charge in [-0.1, -0.05) is 17.7 Å². The minimum Gasteiger partial charge on any atom is -0.340 e. The number of halogens is 1. The molecule has 2 rings (SSSR count). The zero-order chi connectivity index (χ0) is 9.42. The quantitative estimate of drug-likeness (QED) is 0.731. The summed E-state index contributed by atoms with van der Waals surface area (Å²) in [7, 11) is 0. The van der Waals surface area contributed by atoms with Crippen LogP contribution in [-0.2, 0) is 6.54 Å². The largest absolute Gasteiger partial charge is 0.340 e. The third-order valence-electron chi connectivity index (χ3n) is 2.04. The molecule has 1 aromatic heterocycles. The first kappa shape index (κ1) is 8.53. The molecular weight excluding hydrogens is 186 g/mol. The summed E-state index contributed by atoms with van der Waals surface area (Å²) >= 11 is 5.99. The fourth-order valence-electron chi connectivity index (χ4n) is 1.34. The summed E-state index contributed by atoms with van der Waals surface area (Å²) in [5.74, 6) is 0.770. The van der Waals surface area contributed by atoms with Gasteiger partial charge in [0.2, 0.25) is 0 Å². The maximum atomic E-state index is 5.99. The zero-order valence-corrected chi connectivity index (χ0v) is 8.02. The molecule has 2 aromatic rings. The van der Waals surface area contributed by atoms with Crippen LogP contribution in [0.3, 0.4) is 0 Å². The molecule has 0 amide bonds. The van der Waals surface area contributed by atoms with E-state index in [2.05, 4.69) is 9.97 Å². The Hall–Kier alpha value is -1.06. The standard InChI is InChI=1S/C9H10ClN3/c1-5-2-3-6(10)9-8(5)12-7(4-11)13-9/h2-3H,4,11H2,1H3,(H,12,13). The number of imidazole rings is 1. The maximum Gasteiger partial charge on any atom is 0.121 e. The van der Waals surface area contributed by atoms with Crippen molar-refractivity contribution in [2.24, 2.45) is 5.73 Å². The lowest BCUT2D eigenvalue weighted by molar-refractivity contribution is 0.958. The average Bonchev–Trinajstić information content (AvgIpc) is 2.56. The Bertz CT molecular complexity index is 408. The number of benzene rings is 1. The van der Waals surface area contributed by atoms with Crippen LogP contribution >= 0.6 is 11.6 Å². The number of aromatic amines is 1. The van der Waals surface area contributed by atoms with Gasteiger partial charge in [0.25, 0.3) is 0 Å². The highest BCUT2D eigenvalue weighted by Gasteiger charge is 2.06. The van der Waals surface area contributed by atoms with Crippen LogP contribution in [0.15, 0.2) is 12.1 Å². The SMILES string of the molecule is Cc1ccc(Cl)c2[nH]c(CN)nc12. The van der Waals surface area contributed by atoms with E-state index in [9.17, 15) is 0 Å². The summed E-state index contributed by atoms with van der Waals surface area (Å²) in [6.07, 6.45) is 0. The van der Waals surface area contributed by atoms with Crippen molar-refractivity contribution < 1.29 is 0 Å². The van der Waals surface area contributed by atoms with Gasteiger partial charge >= 0.3 is 0 Å². The zero-order valence-electron chi connectivity index (χ0n) is 7.26. The molecule has 0 saturated heterocycles. The average molecular weight is 196 g/mol. The predicted octanol–water partition coefficient (Wildman–Crippen LogP) is 1.98. The molecule has 68 valence electrons. The Morgan fingerprint density at radius 2 is 2.31 bits per heavy atom. The van der Waals surface area contributed by atoms with E-state index in [1.165, 1.54) is 0 Å². The molecule has 4 heteroatoms. The van der Waals surface area contributed by atoms with Crippen molar-refractivity contribution in [3.8, 4) is 0 Å². The summed E-state index contributed by atoms with van der Waals surface area (Å²) in [5, 5.41) is 0.688. The van der Waals surface area contributed by atoms with Gasteiger partial charge in [0, 0.05) is 0 Å². The van der Waals surface area contributed by atoms with Crippen molar-refractivity contribution in [3.63, 3.8) is 0 Å². The van der Waals surface area contributed by atoms with Crippen LogP contribution in [0.1, 0.15) is 11.4 Å². The van der Waals surface area contributed by atoms with Crippen LogP contribution in [0.25, 0.3) is 11.0 Å². The monoisotopic (exact) mass is 195 g/mol. The van der Waals surface area contributed by atoms with E-state index >= 15 is 0 Å². The first-order chi connectivity index (χ1) is 6.22. The first-order valence-electron chi connectivity index (χ1n) is 4.06. The van der Waals surface area contributed by atoms with Crippen LogP contribution in [-0.4, -0.2) is 9.97 Å². The van der Waals surface area contributed by atoms with E-state index in [1.807, 2.05) is 19.1 Å². The van der Waals surface area contributed by atoms with E-state index < -0.39 is 0 Å². The number of hydrogen-bond acceptors (Lipinski definition) is 2. The molecule has 0 atom stereocenters. The van der Waals surface area contributed by atoms with Crippen LogP contribution in [0.2, 0.25) is 5.02 Å². The number of nitrogens with one attached hydrogen (secondary N) is 1. The molecule has 13 heavy (non-hydrogen) atoms. The molecule has 0 radical (unpaired) electrons. The molecule has 1 aromatic carbocycles. The Labute approximate surface area is 80.9 Å². The lowest BCUT2D eigenvalue weighted by atomic mass is 10.2. The number of rotatable bonds is 1. The fraction of sp³-hybridized carbons (Fsp3) is 0.222. The van der Waals surface area contributed by atoms with Crippen molar-refractivity contribution >= 4 is 22.6 Å². The normalized spacial score (nSPS) is 11.0. The third kappa shape index (κ3) is 1.30. The smallest absolute Gasteiger partial charge is 0.121 e. The molecule has 0 aliphatic carbocycles. The van der Waals surface area contributed by atoms with Crippen molar-refractivity contribution in [2.45, 2.75) is 13.5 Å². The highest BCUT2D eigenvalue weighted by molar-refractivity contribution is 6.35. The number of nitrogens with two attached hydrogens (primary N) is 1. The summed E-state index contributed by atoms with van der Waals surface area (Å²) < 4.78 is 0. The number of fused-ring (bicyclic) bond motifs is 1. The van der Waals surface area contributed by atoms with Crippen LogP contribution in [0.5, 0.6) is 0 Å². The Morgan fingerprint density at radius 1 is 1.54 bits per heavy atom. The van der Waals surface area contributed by atoms with E-state index in [-0.39, 0.29) is 0 Å². The van der Waals surface area contributed by atoms with Crippen molar-refractivity contribution in [3.05, 3.63) is 28.5 Å². The summed E-state index contributed by atoms with van der Waals surface area (Å²) in [4.78, 5) is 7.41. The number of aryl methyl sites for hydroxylation is 1. The van der Waals surface area contributed by atoms with Crippen LogP contribution in [0, 0.1) is 6.92 Å². The molecule has 3 N–H and O–H groups in total. The molecule has 0 spiro atoms. The van der Waals surface area contributed by atoms with E-state index in [1.54, 1.807) is 0 Å². The minimum atomic E-state index is 0.407. The predicted molar refractivity (Wildman–Crippen MR) is 53.7 cm³/mol. The molecule has 3 nitrogen and oxygen atoms in total. The topological polar surface area (TPSA) is 54.7 Å². The van der Waals surface area contributed by atoms with Gasteiger partial charge in [-0.05, 0) is 18.6 Å².